The van der Waals surface area contributed by atoms with Gasteiger partial charge in [-0.25, -0.2) is 4.98 Å². The maximum absolute atomic E-state index is 13.0. The van der Waals surface area contributed by atoms with E-state index in [9.17, 15) is 9.59 Å². The molecule has 0 aliphatic heterocycles. The molecule has 0 aliphatic carbocycles. The van der Waals surface area contributed by atoms with Crippen molar-refractivity contribution in [3.8, 4) is 11.5 Å². The summed E-state index contributed by atoms with van der Waals surface area (Å²) in [5.41, 5.74) is 2.44. The lowest BCUT2D eigenvalue weighted by molar-refractivity contribution is -0.118. The number of carbonyl (C=O) groups is 1. The van der Waals surface area contributed by atoms with Crippen LogP contribution in [0.3, 0.4) is 0 Å². The number of methoxy groups -OCH3 is 1. The van der Waals surface area contributed by atoms with Gasteiger partial charge in [0.15, 0.2) is 18.1 Å². The average molecular weight is 561 g/mol. The molecule has 3 aromatic carbocycles. The number of aromatic nitrogens is 2. The van der Waals surface area contributed by atoms with E-state index in [1.54, 1.807) is 49.5 Å². The molecule has 4 rings (SSSR count). The van der Waals surface area contributed by atoms with Crippen LogP contribution in [0.2, 0.25) is 0 Å². The van der Waals surface area contributed by atoms with Crippen molar-refractivity contribution < 1.29 is 14.3 Å². The van der Waals surface area contributed by atoms with Gasteiger partial charge in [-0.2, -0.15) is 9.78 Å². The number of hydrogen-bond donors (Lipinski definition) is 1. The molecule has 37 heavy (non-hydrogen) atoms. The lowest BCUT2D eigenvalue weighted by Gasteiger charge is -2.15. The minimum atomic E-state index is -0.297. The van der Waals surface area contributed by atoms with Gasteiger partial charge in [-0.1, -0.05) is 40.2 Å². The molecule has 4 aromatic rings. The molecular weight excluding hydrogens is 536 g/mol. The van der Waals surface area contributed by atoms with Crippen molar-refractivity contribution in [3.63, 3.8) is 0 Å². The molecule has 1 N–H and O–H groups in total. The van der Waals surface area contributed by atoms with Crippen LogP contribution < -0.4 is 20.3 Å². The maximum atomic E-state index is 13.0. The van der Waals surface area contributed by atoms with Gasteiger partial charge in [0.2, 0.25) is 0 Å². The van der Waals surface area contributed by atoms with Crippen LogP contribution in [0, 0.1) is 6.92 Å². The lowest BCUT2D eigenvalue weighted by Crippen LogP contribution is -2.21. The van der Waals surface area contributed by atoms with E-state index in [1.165, 1.54) is 11.8 Å². The Labute approximate surface area is 222 Å². The molecule has 1 aromatic heterocycles. The third kappa shape index (κ3) is 6.13. The molecule has 0 bridgehead atoms. The van der Waals surface area contributed by atoms with Gasteiger partial charge in [0.1, 0.15) is 5.82 Å². The molecule has 0 unspecified atom stereocenters. The number of para-hydroxylation sites is 1. The van der Waals surface area contributed by atoms with E-state index in [0.717, 1.165) is 10.0 Å². The van der Waals surface area contributed by atoms with Crippen molar-refractivity contribution in [1.82, 2.24) is 9.66 Å². The van der Waals surface area contributed by atoms with Crippen LogP contribution in [0.1, 0.15) is 17.0 Å². The first-order valence-electron chi connectivity index (χ1n) is 11.4. The van der Waals surface area contributed by atoms with Gasteiger partial charge in [-0.15, -0.1) is 6.58 Å². The fourth-order valence-electron chi connectivity index (χ4n) is 3.76. The molecule has 0 radical (unpaired) electrons. The summed E-state index contributed by atoms with van der Waals surface area (Å²) in [4.78, 5) is 29.9. The fraction of sp³-hybridized carbons (Fsp3) is 0.143. The van der Waals surface area contributed by atoms with Crippen LogP contribution in [0.5, 0.6) is 11.5 Å². The molecular formula is C28H25BrN4O4. The zero-order valence-corrected chi connectivity index (χ0v) is 22.0. The third-order valence-corrected chi connectivity index (χ3v) is 5.93. The van der Waals surface area contributed by atoms with E-state index in [0.29, 0.717) is 45.9 Å². The van der Waals surface area contributed by atoms with Gasteiger partial charge in [-0.05, 0) is 61.4 Å². The zero-order valence-electron chi connectivity index (χ0n) is 20.4. The summed E-state index contributed by atoms with van der Waals surface area (Å²) in [5, 5.41) is 7.65. The summed E-state index contributed by atoms with van der Waals surface area (Å²) in [5.74, 6) is 1.03. The highest BCUT2D eigenvalue weighted by Gasteiger charge is 2.15. The number of hydrogen-bond acceptors (Lipinski definition) is 6. The van der Waals surface area contributed by atoms with E-state index >= 15 is 0 Å². The van der Waals surface area contributed by atoms with Crippen LogP contribution in [0.15, 0.2) is 87.7 Å². The SMILES string of the molecule is C=CCc1cc(C=Nn2c(C)nc3ccc(Br)cc3c2=O)cc(OC)c1OCC(=O)Nc1ccccc1. The summed E-state index contributed by atoms with van der Waals surface area (Å²) in [6, 6.07) is 18.1. The molecule has 0 spiro atoms. The Balaban J connectivity index is 1.62. The van der Waals surface area contributed by atoms with Crippen molar-refractivity contribution in [2.75, 3.05) is 19.0 Å². The molecule has 0 saturated carbocycles. The van der Waals surface area contributed by atoms with Crippen molar-refractivity contribution in [2.24, 2.45) is 5.10 Å². The van der Waals surface area contributed by atoms with E-state index in [1.807, 2.05) is 30.3 Å². The van der Waals surface area contributed by atoms with E-state index in [2.05, 4.69) is 37.9 Å². The van der Waals surface area contributed by atoms with Crippen LogP contribution in [0.4, 0.5) is 5.69 Å². The van der Waals surface area contributed by atoms with Crippen LogP contribution in [-0.4, -0.2) is 35.5 Å². The second-order valence-corrected chi connectivity index (χ2v) is 9.00. The Bertz CT molecular complexity index is 1550. The highest BCUT2D eigenvalue weighted by molar-refractivity contribution is 9.10. The average Bonchev–Trinajstić information content (AvgIpc) is 2.89. The number of nitrogens with one attached hydrogen (secondary N) is 1. The topological polar surface area (TPSA) is 94.8 Å². The largest absolute Gasteiger partial charge is 0.493 e. The van der Waals surface area contributed by atoms with Gasteiger partial charge in [-0.3, -0.25) is 9.59 Å². The molecule has 0 aliphatic rings. The number of anilines is 1. The zero-order chi connectivity index (χ0) is 26.4. The highest BCUT2D eigenvalue weighted by atomic mass is 79.9. The number of halogens is 1. The van der Waals surface area contributed by atoms with Crippen LogP contribution >= 0.6 is 15.9 Å². The van der Waals surface area contributed by atoms with Crippen LogP contribution in [-0.2, 0) is 11.2 Å². The van der Waals surface area contributed by atoms with Gasteiger partial charge < -0.3 is 14.8 Å². The number of rotatable bonds is 9. The van der Waals surface area contributed by atoms with Crippen molar-refractivity contribution in [3.05, 3.63) is 105 Å². The first-order valence-corrected chi connectivity index (χ1v) is 12.2. The predicted molar refractivity (Wildman–Crippen MR) is 149 cm³/mol. The summed E-state index contributed by atoms with van der Waals surface area (Å²) < 4.78 is 13.5. The first-order chi connectivity index (χ1) is 17.9. The Hall–Kier alpha value is -4.24. The van der Waals surface area contributed by atoms with E-state index < -0.39 is 0 Å². The second-order valence-electron chi connectivity index (χ2n) is 8.09. The number of ether oxygens (including phenoxy) is 2. The molecule has 0 fully saturated rings. The quantitative estimate of drug-likeness (QED) is 0.227. The third-order valence-electron chi connectivity index (χ3n) is 5.44. The normalized spacial score (nSPS) is 11.0. The summed E-state index contributed by atoms with van der Waals surface area (Å²) >= 11 is 3.40. The van der Waals surface area contributed by atoms with Gasteiger partial charge in [0, 0.05) is 15.7 Å². The molecule has 188 valence electrons. The predicted octanol–water partition coefficient (Wildman–Crippen LogP) is 5.10. The van der Waals surface area contributed by atoms with Gasteiger partial charge in [0.05, 0.1) is 24.2 Å². The number of carbonyl (C=O) groups excluding carboxylic acids is 1. The maximum Gasteiger partial charge on any atom is 0.282 e. The Kier molecular flexibility index (Phi) is 8.15. The van der Waals surface area contributed by atoms with Gasteiger partial charge in [0.25, 0.3) is 11.5 Å². The van der Waals surface area contributed by atoms with Crippen LogP contribution in [0.25, 0.3) is 10.9 Å². The Morgan fingerprint density at radius 1 is 1.19 bits per heavy atom. The van der Waals surface area contributed by atoms with Crippen molar-refractivity contribution in [2.45, 2.75) is 13.3 Å². The van der Waals surface area contributed by atoms with Gasteiger partial charge >= 0.3 is 0 Å². The smallest absolute Gasteiger partial charge is 0.282 e. The molecule has 8 nitrogen and oxygen atoms in total. The highest BCUT2D eigenvalue weighted by Crippen LogP contribution is 2.33. The molecule has 9 heteroatoms. The number of aryl methyl sites for hydroxylation is 1. The molecule has 1 amide bonds. The minimum Gasteiger partial charge on any atom is -0.493 e. The fourth-order valence-corrected chi connectivity index (χ4v) is 4.12. The summed E-state index contributed by atoms with van der Waals surface area (Å²) in [6.45, 7) is 5.34. The second kappa shape index (κ2) is 11.7. The van der Waals surface area contributed by atoms with Crippen molar-refractivity contribution >= 4 is 44.6 Å². The number of fused-ring (bicyclic) bond motifs is 1. The lowest BCUT2D eigenvalue weighted by atomic mass is 10.1. The number of benzene rings is 3. The molecule has 0 atom stereocenters. The number of allylic oxidation sites excluding steroid dienone is 1. The van der Waals surface area contributed by atoms with E-state index in [4.69, 9.17) is 9.47 Å². The molecule has 0 saturated heterocycles. The number of nitrogens with zero attached hydrogens (tertiary/aromatic N) is 3. The first kappa shape index (κ1) is 25.8. The standard InChI is InChI=1S/C28H25BrN4O4/c1-4-8-20-13-19(16-30-33-18(2)31-24-12-11-21(29)15-23(24)28(33)35)14-25(36-3)27(20)37-17-26(34)32-22-9-6-5-7-10-22/h4-7,9-16H,1,8,17H2,2-3H3,(H,32,34). The number of amides is 1. The Morgan fingerprint density at radius 3 is 2.70 bits per heavy atom. The minimum absolute atomic E-state index is 0.199. The summed E-state index contributed by atoms with van der Waals surface area (Å²) in [7, 11) is 1.52. The van der Waals surface area contributed by atoms with E-state index in [-0.39, 0.29) is 18.1 Å². The Morgan fingerprint density at radius 2 is 1.97 bits per heavy atom. The molecule has 1 heterocycles. The van der Waals surface area contributed by atoms with Crippen molar-refractivity contribution in [1.29, 1.82) is 0 Å². The summed E-state index contributed by atoms with van der Waals surface area (Å²) in [6.07, 6.45) is 3.76. The monoisotopic (exact) mass is 560 g/mol.